The quantitative estimate of drug-likeness (QED) is 0.516. The molecule has 0 nitrogen and oxygen atoms in total. The Morgan fingerprint density at radius 2 is 0.542 bits per heavy atom. The standard InChI is InChI=1S/C16H8F8/c17-13(18)9-5-1-2-6(5)10-12(16(23,24)14(10,19)20)8-4-3-7(8)11(9)15(13,21)22/h1-4H2. The lowest BCUT2D eigenvalue weighted by molar-refractivity contribution is -0.192. The summed E-state index contributed by atoms with van der Waals surface area (Å²) >= 11 is 0. The lowest BCUT2D eigenvalue weighted by atomic mass is 9.56. The van der Waals surface area contributed by atoms with Gasteiger partial charge in [0.05, 0.1) is 0 Å². The Morgan fingerprint density at radius 3 is 0.667 bits per heavy atom. The fourth-order valence-electron chi connectivity index (χ4n) is 4.35. The molecule has 0 saturated heterocycles. The molecule has 0 aromatic rings. The number of rotatable bonds is 0. The van der Waals surface area contributed by atoms with Gasteiger partial charge in [-0.3, -0.25) is 0 Å². The third-order valence-electron chi connectivity index (χ3n) is 5.73. The molecule has 0 saturated carbocycles. The minimum absolute atomic E-state index is 0.0825. The summed E-state index contributed by atoms with van der Waals surface area (Å²) in [7, 11) is 0. The van der Waals surface area contributed by atoms with Crippen LogP contribution in [0, 0.1) is 0 Å². The van der Waals surface area contributed by atoms with Crippen LogP contribution in [0.15, 0.2) is 44.6 Å². The third-order valence-corrected chi connectivity index (χ3v) is 5.73. The van der Waals surface area contributed by atoms with Crippen LogP contribution in [0.4, 0.5) is 35.1 Å². The van der Waals surface area contributed by atoms with Crippen molar-refractivity contribution in [1.29, 1.82) is 0 Å². The summed E-state index contributed by atoms with van der Waals surface area (Å²) < 4.78 is 111. The number of alkyl halides is 8. The zero-order valence-electron chi connectivity index (χ0n) is 11.9. The Balaban J connectivity index is 1.86. The van der Waals surface area contributed by atoms with Gasteiger partial charge >= 0.3 is 23.7 Å². The highest BCUT2D eigenvalue weighted by Gasteiger charge is 2.77. The Kier molecular flexibility index (Phi) is 2.15. The molecule has 0 atom stereocenters. The number of allylic oxidation sites excluding steroid dienone is 8. The highest BCUT2D eigenvalue weighted by atomic mass is 19.3. The van der Waals surface area contributed by atoms with Gasteiger partial charge in [0.25, 0.3) is 0 Å². The summed E-state index contributed by atoms with van der Waals surface area (Å²) in [5.41, 5.74) is -4.89. The first kappa shape index (κ1) is 14.7. The van der Waals surface area contributed by atoms with E-state index in [4.69, 9.17) is 0 Å². The van der Waals surface area contributed by atoms with E-state index in [2.05, 4.69) is 0 Å². The maximum Gasteiger partial charge on any atom is 0.340 e. The highest BCUT2D eigenvalue weighted by Crippen LogP contribution is 2.71. The van der Waals surface area contributed by atoms with Crippen molar-refractivity contribution in [3.05, 3.63) is 44.6 Å². The van der Waals surface area contributed by atoms with E-state index in [0.29, 0.717) is 0 Å². The Bertz CT molecular complexity index is 723. The lowest BCUT2D eigenvalue weighted by Crippen LogP contribution is -2.60. The van der Waals surface area contributed by atoms with Crippen molar-refractivity contribution >= 4 is 0 Å². The van der Waals surface area contributed by atoms with Crippen molar-refractivity contribution in [3.63, 3.8) is 0 Å². The van der Waals surface area contributed by atoms with Gasteiger partial charge in [-0.05, 0) is 48.0 Å². The minimum Gasteiger partial charge on any atom is -0.194 e. The van der Waals surface area contributed by atoms with E-state index in [1.54, 1.807) is 0 Å². The van der Waals surface area contributed by atoms with Crippen LogP contribution in [0.25, 0.3) is 0 Å². The van der Waals surface area contributed by atoms with E-state index < -0.39 is 46.0 Å². The molecule has 128 valence electrons. The van der Waals surface area contributed by atoms with E-state index in [-0.39, 0.29) is 48.0 Å². The van der Waals surface area contributed by atoms with E-state index in [1.807, 2.05) is 0 Å². The zero-order chi connectivity index (χ0) is 17.4. The van der Waals surface area contributed by atoms with Crippen molar-refractivity contribution in [2.75, 3.05) is 0 Å². The monoisotopic (exact) mass is 352 g/mol. The molecule has 0 radical (unpaired) electrons. The summed E-state index contributed by atoms with van der Waals surface area (Å²) in [6.45, 7) is 0. The van der Waals surface area contributed by atoms with Crippen molar-refractivity contribution in [1.82, 2.24) is 0 Å². The number of hydrogen-bond acceptors (Lipinski definition) is 0. The van der Waals surface area contributed by atoms with Gasteiger partial charge in [-0.2, -0.15) is 35.1 Å². The zero-order valence-corrected chi connectivity index (χ0v) is 11.9. The van der Waals surface area contributed by atoms with Crippen molar-refractivity contribution in [3.8, 4) is 0 Å². The summed E-state index contributed by atoms with van der Waals surface area (Å²) in [4.78, 5) is 0. The number of hydrogen-bond donors (Lipinski definition) is 0. The first-order valence-electron chi connectivity index (χ1n) is 7.43. The summed E-state index contributed by atoms with van der Waals surface area (Å²) in [5, 5.41) is 0. The van der Waals surface area contributed by atoms with Gasteiger partial charge in [-0.25, -0.2) is 0 Å². The largest absolute Gasteiger partial charge is 0.340 e. The second-order valence-electron chi connectivity index (χ2n) is 6.71. The van der Waals surface area contributed by atoms with Gasteiger partial charge in [0.2, 0.25) is 0 Å². The predicted molar refractivity (Wildman–Crippen MR) is 66.4 cm³/mol. The molecule has 0 bridgehead atoms. The van der Waals surface area contributed by atoms with Crippen molar-refractivity contribution in [2.24, 2.45) is 0 Å². The van der Waals surface area contributed by atoms with E-state index in [0.717, 1.165) is 0 Å². The summed E-state index contributed by atoms with van der Waals surface area (Å²) in [6.07, 6.45) is -0.330. The van der Waals surface area contributed by atoms with E-state index >= 15 is 0 Å². The Labute approximate surface area is 130 Å². The highest BCUT2D eigenvalue weighted by molar-refractivity contribution is 5.77. The number of halogens is 8. The van der Waals surface area contributed by atoms with Crippen LogP contribution in [0.1, 0.15) is 25.7 Å². The Morgan fingerprint density at radius 1 is 0.375 bits per heavy atom. The number of fused-ring (bicyclic) bond motifs is 4. The van der Waals surface area contributed by atoms with Crippen LogP contribution in [-0.2, 0) is 0 Å². The van der Waals surface area contributed by atoms with Crippen LogP contribution in [0.2, 0.25) is 0 Å². The van der Waals surface area contributed by atoms with E-state index in [9.17, 15) is 35.1 Å². The molecule has 0 aliphatic heterocycles. The third kappa shape index (κ3) is 1.13. The molecule has 5 aliphatic rings. The molecule has 24 heavy (non-hydrogen) atoms. The second kappa shape index (κ2) is 3.51. The van der Waals surface area contributed by atoms with Gasteiger partial charge in [-0.15, -0.1) is 0 Å². The fourth-order valence-corrected chi connectivity index (χ4v) is 4.35. The normalized spacial score (nSPS) is 33.0. The maximum absolute atomic E-state index is 13.9. The van der Waals surface area contributed by atoms with Crippen LogP contribution >= 0.6 is 0 Å². The van der Waals surface area contributed by atoms with Gasteiger partial charge in [-0.1, -0.05) is 0 Å². The van der Waals surface area contributed by atoms with Gasteiger partial charge in [0.1, 0.15) is 0 Å². The fraction of sp³-hybridized carbons (Fsp3) is 0.500. The van der Waals surface area contributed by atoms with Gasteiger partial charge in [0.15, 0.2) is 0 Å². The first-order chi connectivity index (χ1) is 11.0. The van der Waals surface area contributed by atoms with Crippen LogP contribution in [-0.4, -0.2) is 23.7 Å². The average Bonchev–Trinajstić information content (AvgIpc) is 2.41. The van der Waals surface area contributed by atoms with Crippen molar-refractivity contribution < 1.29 is 35.1 Å². The molecule has 0 amide bonds. The maximum atomic E-state index is 13.9. The topological polar surface area (TPSA) is 0 Å². The summed E-state index contributed by atoms with van der Waals surface area (Å²) in [6, 6.07) is 0. The molecule has 0 heterocycles. The molecule has 0 unspecified atom stereocenters. The van der Waals surface area contributed by atoms with Crippen molar-refractivity contribution in [2.45, 2.75) is 49.4 Å². The SMILES string of the molecule is FC1(F)C2=C(C3=C(CC3)C3=C(C4=C2CC4)C(F)(F)C3(F)F)C1(F)F. The summed E-state index contributed by atoms with van der Waals surface area (Å²) in [5.74, 6) is -17.8. The average molecular weight is 352 g/mol. The second-order valence-corrected chi connectivity index (χ2v) is 6.71. The molecular formula is C16H8F8. The smallest absolute Gasteiger partial charge is 0.194 e. The van der Waals surface area contributed by atoms with Gasteiger partial charge < -0.3 is 0 Å². The molecule has 8 heteroatoms. The lowest BCUT2D eigenvalue weighted by Gasteiger charge is -2.53. The molecule has 0 aromatic carbocycles. The molecule has 5 aliphatic carbocycles. The molecule has 0 N–H and O–H groups in total. The van der Waals surface area contributed by atoms with E-state index in [1.165, 1.54) is 0 Å². The molecule has 5 rings (SSSR count). The Hall–Kier alpha value is -1.60. The molecule has 0 aromatic heterocycles. The predicted octanol–water partition coefficient (Wildman–Crippen LogP) is 5.34. The van der Waals surface area contributed by atoms with Crippen LogP contribution in [0.5, 0.6) is 0 Å². The molecule has 0 spiro atoms. The van der Waals surface area contributed by atoms with Crippen LogP contribution in [0.3, 0.4) is 0 Å². The molecular weight excluding hydrogens is 344 g/mol. The van der Waals surface area contributed by atoms with Gasteiger partial charge in [0, 0.05) is 22.3 Å². The minimum atomic E-state index is -4.45. The van der Waals surface area contributed by atoms with Crippen LogP contribution < -0.4 is 0 Å². The molecule has 0 fully saturated rings. The first-order valence-corrected chi connectivity index (χ1v) is 7.43.